The Labute approximate surface area is 135 Å². The van der Waals surface area contributed by atoms with E-state index in [0.29, 0.717) is 12.1 Å². The number of amides is 1. The molecule has 0 radical (unpaired) electrons. The number of carbonyl (C=O) groups is 1. The van der Waals surface area contributed by atoms with Crippen LogP contribution in [0.5, 0.6) is 0 Å². The molecule has 5 heteroatoms. The van der Waals surface area contributed by atoms with E-state index in [1.54, 1.807) is 12.5 Å². The van der Waals surface area contributed by atoms with Crippen LogP contribution in [0.2, 0.25) is 0 Å². The number of carbonyl (C=O) groups excluding carboxylic acids is 1. The molecule has 0 aliphatic carbocycles. The van der Waals surface area contributed by atoms with Gasteiger partial charge < -0.3 is 14.9 Å². The highest BCUT2D eigenvalue weighted by Crippen LogP contribution is 2.20. The number of benzene rings is 1. The molecule has 5 nitrogen and oxygen atoms in total. The minimum atomic E-state index is -0.0269. The first-order valence-corrected chi connectivity index (χ1v) is 7.72. The van der Waals surface area contributed by atoms with Crippen LogP contribution in [0.1, 0.15) is 18.9 Å². The van der Waals surface area contributed by atoms with Gasteiger partial charge in [0.1, 0.15) is 0 Å². The normalized spacial score (nSPS) is 11.8. The van der Waals surface area contributed by atoms with Gasteiger partial charge in [0.15, 0.2) is 0 Å². The second-order valence-electron chi connectivity index (χ2n) is 5.53. The maximum Gasteiger partial charge on any atom is 0.246 e. The molecule has 0 unspecified atom stereocenters. The van der Waals surface area contributed by atoms with Crippen LogP contribution in [-0.2, 0) is 11.3 Å². The molecule has 2 N–H and O–H groups in total. The third-order valence-electron chi connectivity index (χ3n) is 3.79. The monoisotopic (exact) mass is 308 g/mol. The topological polar surface area (TPSA) is 62.7 Å². The van der Waals surface area contributed by atoms with Crippen LogP contribution in [-0.4, -0.2) is 27.0 Å². The molecule has 0 aliphatic rings. The van der Waals surface area contributed by atoms with Gasteiger partial charge in [-0.3, -0.25) is 4.79 Å². The molecule has 0 aliphatic heterocycles. The zero-order chi connectivity index (χ0) is 16.1. The molecule has 3 aromatic rings. The highest BCUT2D eigenvalue weighted by molar-refractivity contribution is 6.00. The maximum absolute atomic E-state index is 12.2. The molecule has 23 heavy (non-hydrogen) atoms. The summed E-state index contributed by atoms with van der Waals surface area (Å²) < 4.78 is 2.00. The summed E-state index contributed by atoms with van der Waals surface area (Å²) in [5, 5.41) is 4.08. The minimum absolute atomic E-state index is 0.0269. The molecular weight excluding hydrogens is 288 g/mol. The molecule has 3 rings (SSSR count). The van der Waals surface area contributed by atoms with E-state index in [1.807, 2.05) is 54.2 Å². The number of para-hydroxylation sites is 1. The average Bonchev–Trinajstić information content (AvgIpc) is 3.21. The smallest absolute Gasteiger partial charge is 0.246 e. The second-order valence-corrected chi connectivity index (χ2v) is 5.53. The maximum atomic E-state index is 12.2. The average molecular weight is 308 g/mol. The number of nitrogens with zero attached hydrogens (tertiary/aromatic N) is 2. The van der Waals surface area contributed by atoms with Crippen LogP contribution in [0.3, 0.4) is 0 Å². The van der Waals surface area contributed by atoms with Crippen LogP contribution >= 0.6 is 0 Å². The van der Waals surface area contributed by atoms with Gasteiger partial charge in [-0.05, 0) is 25.5 Å². The van der Waals surface area contributed by atoms with E-state index in [2.05, 4.69) is 15.3 Å². The fourth-order valence-electron chi connectivity index (χ4n) is 2.53. The van der Waals surface area contributed by atoms with Gasteiger partial charge in [0, 0.05) is 53.7 Å². The lowest BCUT2D eigenvalue weighted by molar-refractivity contribution is -0.117. The number of aryl methyl sites for hydroxylation is 1. The van der Waals surface area contributed by atoms with Crippen molar-refractivity contribution < 1.29 is 4.79 Å². The number of imidazole rings is 1. The van der Waals surface area contributed by atoms with Crippen molar-refractivity contribution in [2.45, 2.75) is 19.9 Å². The molecular formula is C18H20N4O. The summed E-state index contributed by atoms with van der Waals surface area (Å²) in [6.07, 6.45) is 10.2. The van der Waals surface area contributed by atoms with E-state index in [1.165, 1.54) is 0 Å². The molecule has 0 saturated heterocycles. The van der Waals surface area contributed by atoms with E-state index in [0.717, 1.165) is 29.4 Å². The zero-order valence-corrected chi connectivity index (χ0v) is 13.1. The number of aromatic amines is 1. The summed E-state index contributed by atoms with van der Waals surface area (Å²) in [4.78, 5) is 19.4. The molecule has 1 amide bonds. The third kappa shape index (κ3) is 3.69. The Bertz CT molecular complexity index is 815. The standard InChI is InChI=1S/C18H20N4O/c1-14(11-15-12-21-17-6-3-2-5-16(15)17)18(23)20-7-4-9-22-10-8-19-13-22/h2-3,5-6,8,10-13,21H,4,7,9H2,1H3,(H,20,23)/b14-11+. The SMILES string of the molecule is C/C(=C\c1c[nH]c2ccccc12)C(=O)NCCCn1ccnc1. The lowest BCUT2D eigenvalue weighted by atomic mass is 10.1. The number of hydrogen-bond acceptors (Lipinski definition) is 2. The molecule has 0 spiro atoms. The fourth-order valence-corrected chi connectivity index (χ4v) is 2.53. The Hall–Kier alpha value is -2.82. The van der Waals surface area contributed by atoms with Gasteiger partial charge >= 0.3 is 0 Å². The molecule has 0 saturated carbocycles. The van der Waals surface area contributed by atoms with E-state index in [-0.39, 0.29) is 5.91 Å². The highest BCUT2D eigenvalue weighted by atomic mass is 16.1. The van der Waals surface area contributed by atoms with Crippen LogP contribution in [0.4, 0.5) is 0 Å². The summed E-state index contributed by atoms with van der Waals surface area (Å²) in [7, 11) is 0. The zero-order valence-electron chi connectivity index (χ0n) is 13.1. The van der Waals surface area contributed by atoms with E-state index < -0.39 is 0 Å². The third-order valence-corrected chi connectivity index (χ3v) is 3.79. The van der Waals surface area contributed by atoms with Gasteiger partial charge in [-0.2, -0.15) is 0 Å². The summed E-state index contributed by atoms with van der Waals surface area (Å²) in [6.45, 7) is 3.34. The Morgan fingerprint density at radius 3 is 3.09 bits per heavy atom. The molecule has 0 fully saturated rings. The largest absolute Gasteiger partial charge is 0.361 e. The lowest BCUT2D eigenvalue weighted by Gasteiger charge is -2.06. The number of rotatable bonds is 6. The van der Waals surface area contributed by atoms with Crippen molar-refractivity contribution in [1.82, 2.24) is 19.9 Å². The van der Waals surface area contributed by atoms with Crippen LogP contribution in [0, 0.1) is 0 Å². The van der Waals surface area contributed by atoms with E-state index in [4.69, 9.17) is 0 Å². The second kappa shape index (κ2) is 6.96. The van der Waals surface area contributed by atoms with Crippen LogP contribution < -0.4 is 5.32 Å². The van der Waals surface area contributed by atoms with Crippen LogP contribution in [0.15, 0.2) is 54.8 Å². The Morgan fingerprint density at radius 1 is 1.39 bits per heavy atom. The first-order chi connectivity index (χ1) is 11.2. The number of nitrogens with one attached hydrogen (secondary N) is 2. The predicted molar refractivity (Wildman–Crippen MR) is 91.8 cm³/mol. The van der Waals surface area contributed by atoms with Gasteiger partial charge in [0.25, 0.3) is 0 Å². The molecule has 1 aromatic carbocycles. The molecule has 0 bridgehead atoms. The van der Waals surface area contributed by atoms with Gasteiger partial charge in [0.05, 0.1) is 6.33 Å². The van der Waals surface area contributed by atoms with Crippen molar-refractivity contribution in [2.24, 2.45) is 0 Å². The number of hydrogen-bond donors (Lipinski definition) is 2. The van der Waals surface area contributed by atoms with E-state index >= 15 is 0 Å². The van der Waals surface area contributed by atoms with E-state index in [9.17, 15) is 4.79 Å². The Balaban J connectivity index is 1.56. The van der Waals surface area contributed by atoms with Gasteiger partial charge in [-0.15, -0.1) is 0 Å². The first kappa shape index (κ1) is 15.1. The highest BCUT2D eigenvalue weighted by Gasteiger charge is 2.06. The predicted octanol–water partition coefficient (Wildman–Crippen LogP) is 2.97. The van der Waals surface area contributed by atoms with Crippen molar-refractivity contribution in [2.75, 3.05) is 6.54 Å². The van der Waals surface area contributed by atoms with Crippen molar-refractivity contribution >= 4 is 22.9 Å². The fraction of sp³-hybridized carbons (Fsp3) is 0.222. The number of H-pyrrole nitrogens is 1. The molecule has 2 heterocycles. The number of aromatic nitrogens is 3. The quantitative estimate of drug-likeness (QED) is 0.543. The molecule has 0 atom stereocenters. The Morgan fingerprint density at radius 2 is 2.26 bits per heavy atom. The number of fused-ring (bicyclic) bond motifs is 1. The van der Waals surface area contributed by atoms with Gasteiger partial charge in [0.2, 0.25) is 5.91 Å². The summed E-state index contributed by atoms with van der Waals surface area (Å²) in [5.41, 5.74) is 2.82. The van der Waals surface area contributed by atoms with Crippen molar-refractivity contribution in [1.29, 1.82) is 0 Å². The van der Waals surface area contributed by atoms with Gasteiger partial charge in [-0.1, -0.05) is 18.2 Å². The van der Waals surface area contributed by atoms with Crippen molar-refractivity contribution in [3.8, 4) is 0 Å². The lowest BCUT2D eigenvalue weighted by Crippen LogP contribution is -2.25. The first-order valence-electron chi connectivity index (χ1n) is 7.72. The minimum Gasteiger partial charge on any atom is -0.361 e. The Kier molecular flexibility index (Phi) is 4.57. The van der Waals surface area contributed by atoms with Gasteiger partial charge in [-0.25, -0.2) is 4.98 Å². The summed E-state index contributed by atoms with van der Waals surface area (Å²) in [5.74, 6) is -0.0269. The molecule has 2 aromatic heterocycles. The van der Waals surface area contributed by atoms with Crippen molar-refractivity contribution in [3.63, 3.8) is 0 Å². The summed E-state index contributed by atoms with van der Waals surface area (Å²) >= 11 is 0. The molecule has 118 valence electrons. The van der Waals surface area contributed by atoms with Crippen LogP contribution in [0.25, 0.3) is 17.0 Å². The summed E-state index contributed by atoms with van der Waals surface area (Å²) in [6, 6.07) is 8.07. The van der Waals surface area contributed by atoms with Crippen molar-refractivity contribution in [3.05, 3.63) is 60.3 Å².